The summed E-state index contributed by atoms with van der Waals surface area (Å²) in [4.78, 5) is 54.3. The van der Waals surface area contributed by atoms with Crippen LogP contribution in [0, 0.1) is 18.3 Å². The molecule has 0 aliphatic rings. The van der Waals surface area contributed by atoms with Crippen LogP contribution in [0.3, 0.4) is 0 Å². The maximum atomic E-state index is 14.3. The van der Waals surface area contributed by atoms with Crippen molar-refractivity contribution < 1.29 is 28.7 Å². The maximum absolute atomic E-state index is 14.3. The standard InChI is InChI=1S/C33H51N3O6/c1-9-12-13-14-15-18-23-36(31(39)28(24(4)5)35-32(40)42-33(6,7)8)29(26-20-17-16-19-25(26)10-2)30(38)34-22-21-27(37)41-11-3/h2,16-17,19-20,24,28-29H,9,11-15,18,21-23H2,1,3-8H3,(H,34,38)(H,35,40). The Kier molecular flexibility index (Phi) is 16.3. The Morgan fingerprint density at radius 1 is 1.00 bits per heavy atom. The first-order valence-corrected chi connectivity index (χ1v) is 15.1. The van der Waals surface area contributed by atoms with Gasteiger partial charge in [0, 0.05) is 18.7 Å². The molecule has 2 atom stereocenters. The zero-order chi connectivity index (χ0) is 31.7. The molecule has 0 bridgehead atoms. The molecular weight excluding hydrogens is 534 g/mol. The number of nitrogens with zero attached hydrogens (tertiary/aromatic N) is 1. The Morgan fingerprint density at radius 3 is 2.24 bits per heavy atom. The van der Waals surface area contributed by atoms with Crippen molar-refractivity contribution in [3.8, 4) is 12.3 Å². The quantitative estimate of drug-likeness (QED) is 0.141. The Labute approximate surface area is 252 Å². The molecule has 2 unspecified atom stereocenters. The van der Waals surface area contributed by atoms with Gasteiger partial charge in [0.2, 0.25) is 11.8 Å². The maximum Gasteiger partial charge on any atom is 0.408 e. The largest absolute Gasteiger partial charge is 0.466 e. The van der Waals surface area contributed by atoms with E-state index >= 15 is 0 Å². The number of hydrogen-bond donors (Lipinski definition) is 2. The van der Waals surface area contributed by atoms with Gasteiger partial charge in [0.05, 0.1) is 13.0 Å². The average molecular weight is 586 g/mol. The Hall–Kier alpha value is -3.54. The number of hydrogen-bond acceptors (Lipinski definition) is 6. The van der Waals surface area contributed by atoms with E-state index in [2.05, 4.69) is 23.5 Å². The smallest absolute Gasteiger partial charge is 0.408 e. The zero-order valence-electron chi connectivity index (χ0n) is 26.6. The summed E-state index contributed by atoms with van der Waals surface area (Å²) in [5, 5.41) is 5.53. The number of ether oxygens (including phenoxy) is 2. The monoisotopic (exact) mass is 585 g/mol. The molecule has 0 spiro atoms. The molecule has 0 fully saturated rings. The number of carbonyl (C=O) groups is 4. The first-order valence-electron chi connectivity index (χ1n) is 15.1. The van der Waals surface area contributed by atoms with E-state index < -0.39 is 41.6 Å². The summed E-state index contributed by atoms with van der Waals surface area (Å²) >= 11 is 0. The van der Waals surface area contributed by atoms with Crippen LogP contribution in [0.4, 0.5) is 4.79 Å². The summed E-state index contributed by atoms with van der Waals surface area (Å²) < 4.78 is 10.4. The van der Waals surface area contributed by atoms with Crippen molar-refractivity contribution >= 4 is 23.9 Å². The predicted molar refractivity (Wildman–Crippen MR) is 164 cm³/mol. The number of amides is 3. The van der Waals surface area contributed by atoms with Gasteiger partial charge in [-0.3, -0.25) is 14.4 Å². The van der Waals surface area contributed by atoms with E-state index in [0.717, 1.165) is 32.1 Å². The minimum atomic E-state index is -1.08. The summed E-state index contributed by atoms with van der Waals surface area (Å²) in [6, 6.07) is 4.96. The lowest BCUT2D eigenvalue weighted by atomic mass is 9.95. The van der Waals surface area contributed by atoms with Crippen LogP contribution >= 0.6 is 0 Å². The van der Waals surface area contributed by atoms with Gasteiger partial charge in [-0.2, -0.15) is 0 Å². The van der Waals surface area contributed by atoms with Crippen LogP contribution in [0.1, 0.15) is 111 Å². The lowest BCUT2D eigenvalue weighted by molar-refractivity contribution is -0.144. The average Bonchev–Trinajstić information content (AvgIpc) is 2.91. The van der Waals surface area contributed by atoms with Crippen molar-refractivity contribution in [3.63, 3.8) is 0 Å². The van der Waals surface area contributed by atoms with E-state index in [-0.39, 0.29) is 32.0 Å². The molecule has 9 nitrogen and oxygen atoms in total. The molecule has 234 valence electrons. The minimum absolute atomic E-state index is 0.0106. The lowest BCUT2D eigenvalue weighted by Crippen LogP contribution is -2.55. The van der Waals surface area contributed by atoms with Crippen molar-refractivity contribution in [1.29, 1.82) is 0 Å². The van der Waals surface area contributed by atoms with Gasteiger partial charge >= 0.3 is 12.1 Å². The molecule has 9 heteroatoms. The number of esters is 1. The number of unbranched alkanes of at least 4 members (excludes halogenated alkanes) is 5. The molecule has 0 saturated carbocycles. The van der Waals surface area contributed by atoms with Gasteiger partial charge in [-0.25, -0.2) is 4.79 Å². The molecule has 0 aromatic heterocycles. The highest BCUT2D eigenvalue weighted by Crippen LogP contribution is 2.27. The number of alkyl carbamates (subject to hydrolysis) is 1. The molecule has 1 aromatic rings. The lowest BCUT2D eigenvalue weighted by Gasteiger charge is -2.36. The van der Waals surface area contributed by atoms with E-state index in [1.807, 2.05) is 13.8 Å². The summed E-state index contributed by atoms with van der Waals surface area (Å²) in [5.41, 5.74) is 0.220. The normalized spacial score (nSPS) is 12.5. The van der Waals surface area contributed by atoms with E-state index in [1.165, 1.54) is 4.90 Å². The number of nitrogens with one attached hydrogen (secondary N) is 2. The number of rotatable bonds is 17. The van der Waals surface area contributed by atoms with Gasteiger partial charge in [0.25, 0.3) is 0 Å². The van der Waals surface area contributed by atoms with Gasteiger partial charge < -0.3 is 25.0 Å². The molecule has 0 aliphatic heterocycles. The summed E-state index contributed by atoms with van der Waals surface area (Å²) in [7, 11) is 0. The van der Waals surface area contributed by atoms with E-state index in [1.54, 1.807) is 52.0 Å². The van der Waals surface area contributed by atoms with Crippen LogP contribution in [-0.2, 0) is 23.9 Å². The van der Waals surface area contributed by atoms with Crippen molar-refractivity contribution in [2.45, 2.75) is 111 Å². The first kappa shape index (κ1) is 36.5. The van der Waals surface area contributed by atoms with E-state index in [9.17, 15) is 19.2 Å². The van der Waals surface area contributed by atoms with Crippen molar-refractivity contribution in [3.05, 3.63) is 35.4 Å². The third-order valence-corrected chi connectivity index (χ3v) is 6.55. The highest BCUT2D eigenvalue weighted by atomic mass is 16.6. The van der Waals surface area contributed by atoms with Crippen molar-refractivity contribution in [2.24, 2.45) is 5.92 Å². The van der Waals surface area contributed by atoms with Crippen LogP contribution in [0.5, 0.6) is 0 Å². The highest BCUT2D eigenvalue weighted by molar-refractivity contribution is 5.92. The summed E-state index contributed by atoms with van der Waals surface area (Å²) in [5.74, 6) is 1.02. The molecule has 3 amide bonds. The second-order valence-corrected chi connectivity index (χ2v) is 11.6. The highest BCUT2D eigenvalue weighted by Gasteiger charge is 2.38. The number of terminal acetylenes is 1. The van der Waals surface area contributed by atoms with Gasteiger partial charge in [-0.05, 0) is 51.7 Å². The van der Waals surface area contributed by atoms with Gasteiger partial charge in [0.15, 0.2) is 0 Å². The Bertz CT molecular complexity index is 1060. The molecule has 0 radical (unpaired) electrons. The fourth-order valence-corrected chi connectivity index (χ4v) is 4.49. The molecule has 0 saturated heterocycles. The van der Waals surface area contributed by atoms with Crippen molar-refractivity contribution in [1.82, 2.24) is 15.5 Å². The fourth-order valence-electron chi connectivity index (χ4n) is 4.49. The van der Waals surface area contributed by atoms with E-state index in [4.69, 9.17) is 15.9 Å². The zero-order valence-corrected chi connectivity index (χ0v) is 26.6. The van der Waals surface area contributed by atoms with Crippen LogP contribution in [0.15, 0.2) is 24.3 Å². The second kappa shape index (κ2) is 18.8. The molecule has 42 heavy (non-hydrogen) atoms. The molecular formula is C33H51N3O6. The number of benzene rings is 1. The minimum Gasteiger partial charge on any atom is -0.466 e. The Balaban J connectivity index is 3.48. The van der Waals surface area contributed by atoms with Crippen LogP contribution in [0.2, 0.25) is 0 Å². The third kappa shape index (κ3) is 13.0. The SMILES string of the molecule is C#Cc1ccccc1C(C(=O)NCCC(=O)OCC)N(CCCCCCCC)C(=O)C(NC(=O)OC(C)(C)C)C(C)C. The number of carbonyl (C=O) groups excluding carboxylic acids is 4. The summed E-state index contributed by atoms with van der Waals surface area (Å²) in [6.07, 6.45) is 11.0. The third-order valence-electron chi connectivity index (χ3n) is 6.55. The summed E-state index contributed by atoms with van der Waals surface area (Å²) in [6.45, 7) is 13.3. The van der Waals surface area contributed by atoms with Crippen LogP contribution in [-0.4, -0.2) is 60.1 Å². The second-order valence-electron chi connectivity index (χ2n) is 11.6. The molecule has 0 heterocycles. The van der Waals surface area contributed by atoms with Crippen LogP contribution < -0.4 is 10.6 Å². The molecule has 1 aromatic carbocycles. The molecule has 2 N–H and O–H groups in total. The van der Waals surface area contributed by atoms with E-state index in [0.29, 0.717) is 17.5 Å². The predicted octanol–water partition coefficient (Wildman–Crippen LogP) is 5.52. The van der Waals surface area contributed by atoms with Gasteiger partial charge in [-0.1, -0.05) is 77.0 Å². The van der Waals surface area contributed by atoms with Gasteiger partial charge in [-0.15, -0.1) is 6.42 Å². The Morgan fingerprint density at radius 2 is 1.64 bits per heavy atom. The molecule has 0 aliphatic carbocycles. The topological polar surface area (TPSA) is 114 Å². The fraction of sp³-hybridized carbons (Fsp3) is 0.636. The first-order chi connectivity index (χ1) is 19.9. The van der Waals surface area contributed by atoms with Gasteiger partial charge in [0.1, 0.15) is 17.7 Å². The van der Waals surface area contributed by atoms with Crippen LogP contribution in [0.25, 0.3) is 0 Å². The van der Waals surface area contributed by atoms with Crippen molar-refractivity contribution in [2.75, 3.05) is 19.7 Å². The molecule has 1 rings (SSSR count).